The van der Waals surface area contributed by atoms with Crippen LogP contribution in [0.5, 0.6) is 0 Å². The molecule has 2 nitrogen and oxygen atoms in total. The highest BCUT2D eigenvalue weighted by Crippen LogP contribution is 2.21. The van der Waals surface area contributed by atoms with E-state index in [9.17, 15) is 12.9 Å². The van der Waals surface area contributed by atoms with Crippen LogP contribution >= 0.6 is 11.8 Å². The predicted molar refractivity (Wildman–Crippen MR) is 41.8 cm³/mol. The normalized spacial score (nSPS) is 11.6. The molecule has 0 saturated carbocycles. The molecule has 12 heavy (non-hydrogen) atoms. The Kier molecular flexibility index (Phi) is 2.96. The van der Waals surface area contributed by atoms with Crippen molar-refractivity contribution in [3.05, 3.63) is 18.6 Å². The quantitative estimate of drug-likeness (QED) is 0.416. The van der Waals surface area contributed by atoms with Crippen LogP contribution in [0.4, 0.5) is 12.9 Å². The van der Waals surface area contributed by atoms with Gasteiger partial charge in [-0.3, -0.25) is 0 Å². The Labute approximate surface area is 71.7 Å². The van der Waals surface area contributed by atoms with Crippen LogP contribution in [0.1, 0.15) is 0 Å². The van der Waals surface area contributed by atoms with Crippen molar-refractivity contribution in [1.29, 1.82) is 0 Å². The van der Waals surface area contributed by atoms with Gasteiger partial charge in [0.15, 0.2) is 0 Å². The van der Waals surface area contributed by atoms with Gasteiger partial charge in [0.05, 0.1) is 5.03 Å². The highest BCUT2D eigenvalue weighted by molar-refractivity contribution is 8.00. The molecule has 0 saturated heterocycles. The lowest BCUT2D eigenvalue weighted by Gasteiger charge is -2.11. The number of hydrogen-bond donors (Lipinski definition) is 0. The predicted octanol–water partition coefficient (Wildman–Crippen LogP) is 1.96. The minimum atomic E-state index is -4.73. The molecule has 0 amide bonds. The average molecular weight is 193 g/mol. The lowest BCUT2D eigenvalue weighted by atomic mass is 9.98. The standard InChI is InChI=1S/C5H5BF3N2S/c7-6(8,9)3-12-5-1-2-10-4-11-5/h1-2,4H,3H2/q-1. The van der Waals surface area contributed by atoms with Crippen LogP contribution in [-0.2, 0) is 0 Å². The third-order valence-electron chi connectivity index (χ3n) is 0.975. The summed E-state index contributed by atoms with van der Waals surface area (Å²) >= 11 is 0.679. The molecular weight excluding hydrogens is 188 g/mol. The minimum Gasteiger partial charge on any atom is -0.448 e. The van der Waals surface area contributed by atoms with Crippen LogP contribution in [0, 0.1) is 0 Å². The Morgan fingerprint density at radius 3 is 2.67 bits per heavy atom. The lowest BCUT2D eigenvalue weighted by molar-refractivity contribution is 0.485. The fourth-order valence-corrected chi connectivity index (χ4v) is 1.18. The first-order valence-electron chi connectivity index (χ1n) is 3.18. The van der Waals surface area contributed by atoms with Crippen LogP contribution in [0.25, 0.3) is 0 Å². The third kappa shape index (κ3) is 3.61. The van der Waals surface area contributed by atoms with E-state index in [0.29, 0.717) is 16.8 Å². The van der Waals surface area contributed by atoms with Crippen molar-refractivity contribution in [2.24, 2.45) is 0 Å². The Hall–Kier alpha value is -0.715. The summed E-state index contributed by atoms with van der Waals surface area (Å²) in [6, 6.07) is 1.45. The first-order chi connectivity index (χ1) is 5.58. The molecule has 0 radical (unpaired) electrons. The zero-order chi connectivity index (χ0) is 9.03. The van der Waals surface area contributed by atoms with E-state index < -0.39 is 12.6 Å². The lowest BCUT2D eigenvalue weighted by Crippen LogP contribution is -2.19. The molecule has 0 aliphatic heterocycles. The zero-order valence-electron chi connectivity index (χ0n) is 5.95. The van der Waals surface area contributed by atoms with E-state index >= 15 is 0 Å². The highest BCUT2D eigenvalue weighted by atomic mass is 32.2. The van der Waals surface area contributed by atoms with E-state index in [1.807, 2.05) is 0 Å². The molecule has 0 fully saturated rings. The summed E-state index contributed by atoms with van der Waals surface area (Å²) in [6.07, 6.45) is 2.64. The van der Waals surface area contributed by atoms with Gasteiger partial charge in [0.1, 0.15) is 6.33 Å². The molecule has 0 spiro atoms. The van der Waals surface area contributed by atoms with Crippen molar-refractivity contribution < 1.29 is 12.9 Å². The molecule has 0 aliphatic rings. The van der Waals surface area contributed by atoms with Crippen LogP contribution in [-0.4, -0.2) is 22.6 Å². The molecule has 0 aliphatic carbocycles. The molecule has 0 aromatic carbocycles. The summed E-state index contributed by atoms with van der Waals surface area (Å²) in [7, 11) is 0. The molecule has 0 unspecified atom stereocenters. The Balaban J connectivity index is 2.44. The fraction of sp³-hybridized carbons (Fsp3) is 0.200. The first-order valence-corrected chi connectivity index (χ1v) is 4.16. The number of hydrogen-bond acceptors (Lipinski definition) is 3. The van der Waals surface area contributed by atoms with Crippen molar-refractivity contribution in [3.8, 4) is 0 Å². The summed E-state index contributed by atoms with van der Waals surface area (Å²) in [6.45, 7) is -4.73. The van der Waals surface area contributed by atoms with Gasteiger partial charge in [-0.25, -0.2) is 9.97 Å². The van der Waals surface area contributed by atoms with E-state index in [1.54, 1.807) is 0 Å². The largest absolute Gasteiger partial charge is 0.488 e. The van der Waals surface area contributed by atoms with Crippen LogP contribution in [0.3, 0.4) is 0 Å². The molecule has 0 bridgehead atoms. The fourth-order valence-electron chi connectivity index (χ4n) is 0.544. The number of thioether (sulfide) groups is 1. The van der Waals surface area contributed by atoms with E-state index in [4.69, 9.17) is 0 Å². The van der Waals surface area contributed by atoms with E-state index in [2.05, 4.69) is 9.97 Å². The van der Waals surface area contributed by atoms with Gasteiger partial charge in [-0.15, -0.1) is 11.8 Å². The summed E-state index contributed by atoms with van der Waals surface area (Å²) in [5, 5.41) is 0.351. The molecule has 1 aromatic heterocycles. The minimum absolute atomic E-state index is 0.351. The molecule has 0 N–H and O–H groups in total. The van der Waals surface area contributed by atoms with Crippen LogP contribution < -0.4 is 0 Å². The van der Waals surface area contributed by atoms with Crippen molar-refractivity contribution in [2.45, 2.75) is 5.03 Å². The average Bonchev–Trinajstić information content (AvgIpc) is 2.02. The number of rotatable bonds is 3. The summed E-state index contributed by atoms with van der Waals surface area (Å²) in [5.41, 5.74) is -0.850. The molecule has 66 valence electrons. The third-order valence-corrected chi connectivity index (χ3v) is 2.06. The molecule has 1 rings (SSSR count). The van der Waals surface area contributed by atoms with Gasteiger partial charge in [0.25, 0.3) is 0 Å². The molecule has 7 heteroatoms. The zero-order valence-corrected chi connectivity index (χ0v) is 6.77. The monoisotopic (exact) mass is 193 g/mol. The van der Waals surface area contributed by atoms with E-state index in [-0.39, 0.29) is 0 Å². The summed E-state index contributed by atoms with van der Waals surface area (Å²) in [5.74, 6) is 0. The van der Waals surface area contributed by atoms with Gasteiger partial charge in [0.2, 0.25) is 0 Å². The van der Waals surface area contributed by atoms with Crippen molar-refractivity contribution >= 4 is 18.7 Å². The number of halogens is 3. The Morgan fingerprint density at radius 1 is 1.42 bits per heavy atom. The first kappa shape index (κ1) is 9.37. The molecular formula is C5H5BF3N2S-. The maximum Gasteiger partial charge on any atom is 0.488 e. The second-order valence-electron chi connectivity index (χ2n) is 2.07. The van der Waals surface area contributed by atoms with Gasteiger partial charge in [-0.05, 0) is 11.7 Å². The molecule has 0 atom stereocenters. The van der Waals surface area contributed by atoms with E-state index in [0.717, 1.165) is 0 Å². The van der Waals surface area contributed by atoms with Crippen LogP contribution in [0.2, 0.25) is 0 Å². The maximum absolute atomic E-state index is 11.7. The number of aromatic nitrogens is 2. The van der Waals surface area contributed by atoms with Gasteiger partial charge in [0, 0.05) is 6.20 Å². The van der Waals surface area contributed by atoms with Crippen molar-refractivity contribution in [2.75, 3.05) is 5.65 Å². The second-order valence-corrected chi connectivity index (χ2v) is 3.11. The van der Waals surface area contributed by atoms with Gasteiger partial charge >= 0.3 is 6.98 Å². The maximum atomic E-state index is 11.7. The van der Waals surface area contributed by atoms with Gasteiger partial charge in [-0.1, -0.05) is 0 Å². The highest BCUT2D eigenvalue weighted by Gasteiger charge is 2.22. The second kappa shape index (κ2) is 3.80. The van der Waals surface area contributed by atoms with Crippen molar-refractivity contribution in [3.63, 3.8) is 0 Å². The smallest absolute Gasteiger partial charge is 0.448 e. The van der Waals surface area contributed by atoms with Gasteiger partial charge in [-0.2, -0.15) is 0 Å². The molecule has 1 heterocycles. The summed E-state index contributed by atoms with van der Waals surface area (Å²) < 4.78 is 35.2. The van der Waals surface area contributed by atoms with Crippen molar-refractivity contribution in [1.82, 2.24) is 9.97 Å². The number of nitrogens with zero attached hydrogens (tertiary/aromatic N) is 2. The van der Waals surface area contributed by atoms with Crippen LogP contribution in [0.15, 0.2) is 23.6 Å². The van der Waals surface area contributed by atoms with Gasteiger partial charge < -0.3 is 12.9 Å². The van der Waals surface area contributed by atoms with E-state index in [1.165, 1.54) is 18.6 Å². The topological polar surface area (TPSA) is 25.8 Å². The Morgan fingerprint density at radius 2 is 2.17 bits per heavy atom. The summed E-state index contributed by atoms with van der Waals surface area (Å²) in [4.78, 5) is 7.23. The SMILES string of the molecule is F[B-](F)(F)CSc1ccncn1. The Bertz CT molecular complexity index is 240. The molecule has 1 aromatic rings.